The van der Waals surface area contributed by atoms with Crippen molar-refractivity contribution in [1.82, 2.24) is 4.90 Å². The molecule has 0 unspecified atom stereocenters. The van der Waals surface area contributed by atoms with Gasteiger partial charge in [0.1, 0.15) is 0 Å². The van der Waals surface area contributed by atoms with E-state index >= 15 is 0 Å². The van der Waals surface area contributed by atoms with Crippen LogP contribution in [0, 0.1) is 5.92 Å². The van der Waals surface area contributed by atoms with Gasteiger partial charge >= 0.3 is 0 Å². The lowest BCUT2D eigenvalue weighted by Gasteiger charge is -2.30. The summed E-state index contributed by atoms with van der Waals surface area (Å²) in [5.74, 6) is 0.771. The molecular weight excluding hydrogens is 146 g/mol. The molecule has 0 spiro atoms. The minimum Gasteiger partial charge on any atom is -0.302 e. The second kappa shape index (κ2) is 3.06. The summed E-state index contributed by atoms with van der Waals surface area (Å²) < 4.78 is 0. The maximum absolute atomic E-state index is 2.46. The van der Waals surface area contributed by atoms with Crippen molar-refractivity contribution in [3.63, 3.8) is 0 Å². The van der Waals surface area contributed by atoms with Crippen molar-refractivity contribution < 1.29 is 0 Å². The summed E-state index contributed by atoms with van der Waals surface area (Å²) in [5, 5.41) is 0. The van der Waals surface area contributed by atoms with Crippen molar-refractivity contribution in [2.24, 2.45) is 5.92 Å². The van der Waals surface area contributed by atoms with Crippen molar-refractivity contribution in [3.8, 4) is 0 Å². The Kier molecular flexibility index (Phi) is 2.05. The van der Waals surface area contributed by atoms with Gasteiger partial charge in [-0.05, 0) is 37.0 Å². The summed E-state index contributed by atoms with van der Waals surface area (Å²) in [7, 11) is 2.20. The Labute approximate surface area is 74.8 Å². The predicted octanol–water partition coefficient (Wildman–Crippen LogP) is 2.21. The lowest BCUT2D eigenvalue weighted by Crippen LogP contribution is -2.29. The van der Waals surface area contributed by atoms with Gasteiger partial charge in [0.2, 0.25) is 0 Å². The molecule has 1 fully saturated rings. The van der Waals surface area contributed by atoms with E-state index in [0.29, 0.717) is 0 Å². The second-order valence-electron chi connectivity index (χ2n) is 4.12. The smallest absolute Gasteiger partial charge is 0.0230 e. The predicted molar refractivity (Wildman–Crippen MR) is 52.1 cm³/mol. The molecule has 0 aromatic carbocycles. The van der Waals surface area contributed by atoms with E-state index in [2.05, 4.69) is 31.0 Å². The molecule has 0 amide bonds. The Morgan fingerprint density at radius 3 is 3.08 bits per heavy atom. The average Bonchev–Trinajstić information content (AvgIpc) is 2.05. The largest absolute Gasteiger partial charge is 0.302 e. The summed E-state index contributed by atoms with van der Waals surface area (Å²) in [6.45, 7) is 4.70. The summed E-state index contributed by atoms with van der Waals surface area (Å²) in [4.78, 5) is 2.40. The van der Waals surface area contributed by atoms with Crippen molar-refractivity contribution in [1.29, 1.82) is 0 Å². The molecule has 0 aromatic rings. The van der Waals surface area contributed by atoms with Crippen molar-refractivity contribution in [2.45, 2.75) is 19.8 Å². The molecule has 0 N–H and O–H groups in total. The molecule has 12 heavy (non-hydrogen) atoms. The lowest BCUT2D eigenvalue weighted by atomic mass is 9.87. The molecule has 1 nitrogen and oxygen atoms in total. The highest BCUT2D eigenvalue weighted by Gasteiger charge is 2.18. The first-order chi connectivity index (χ1) is 5.75. The molecule has 0 bridgehead atoms. The number of hydrogen-bond acceptors (Lipinski definition) is 1. The molecule has 1 heterocycles. The summed E-state index contributed by atoms with van der Waals surface area (Å²) in [5.41, 5.74) is 3.20. The third kappa shape index (κ3) is 1.46. The van der Waals surface area contributed by atoms with Gasteiger partial charge in [-0.15, -0.1) is 0 Å². The number of rotatable bonds is 0. The fraction of sp³-hybridized carbons (Fsp3) is 0.636. The van der Waals surface area contributed by atoms with Gasteiger partial charge < -0.3 is 4.90 Å². The molecule has 1 aliphatic carbocycles. The van der Waals surface area contributed by atoms with Crippen molar-refractivity contribution >= 4 is 0 Å². The highest BCUT2D eigenvalue weighted by molar-refractivity contribution is 5.37. The van der Waals surface area contributed by atoms with Gasteiger partial charge in [-0.25, -0.2) is 0 Å². The van der Waals surface area contributed by atoms with Crippen molar-refractivity contribution in [3.05, 3.63) is 23.3 Å². The standard InChI is InChI=1S/C11H17N/c1-9-3-4-11-8-12(2)6-5-10(11)7-9/h4,7,9H,3,5-6,8H2,1-2H3/t9-/m1/s1. The first kappa shape index (κ1) is 8.06. The average molecular weight is 163 g/mol. The van der Waals surface area contributed by atoms with E-state index in [1.54, 1.807) is 11.1 Å². The number of likely N-dealkylation sites (N-methyl/N-ethyl adjacent to an activating group) is 1. The Morgan fingerprint density at radius 2 is 2.25 bits per heavy atom. The Balaban J connectivity index is 2.16. The van der Waals surface area contributed by atoms with Crippen LogP contribution in [0.5, 0.6) is 0 Å². The molecule has 1 saturated heterocycles. The van der Waals surface area contributed by atoms with E-state index < -0.39 is 0 Å². The minimum absolute atomic E-state index is 0.771. The summed E-state index contributed by atoms with van der Waals surface area (Å²) in [6.07, 6.45) is 7.39. The molecule has 1 heteroatoms. The lowest BCUT2D eigenvalue weighted by molar-refractivity contribution is 0.344. The quantitative estimate of drug-likeness (QED) is 0.529. The molecule has 0 saturated carbocycles. The van der Waals surface area contributed by atoms with Crippen LogP contribution in [0.25, 0.3) is 0 Å². The first-order valence-corrected chi connectivity index (χ1v) is 4.84. The molecule has 2 aliphatic rings. The maximum Gasteiger partial charge on any atom is 0.0230 e. The zero-order valence-corrected chi connectivity index (χ0v) is 8.01. The molecule has 1 aliphatic heterocycles. The Bertz CT molecular complexity index is 237. The Hall–Kier alpha value is -0.560. The van der Waals surface area contributed by atoms with Crippen LogP contribution >= 0.6 is 0 Å². The molecule has 0 aromatic heterocycles. The number of nitrogens with zero attached hydrogens (tertiary/aromatic N) is 1. The van der Waals surface area contributed by atoms with E-state index in [4.69, 9.17) is 0 Å². The number of fused-ring (bicyclic) bond motifs is 1. The molecule has 1 atom stereocenters. The third-order valence-electron chi connectivity index (χ3n) is 2.84. The van der Waals surface area contributed by atoms with Crippen LogP contribution in [0.2, 0.25) is 0 Å². The topological polar surface area (TPSA) is 3.24 Å². The van der Waals surface area contributed by atoms with E-state index in [0.717, 1.165) is 5.92 Å². The van der Waals surface area contributed by atoms with Gasteiger partial charge in [-0.1, -0.05) is 19.1 Å². The third-order valence-corrected chi connectivity index (χ3v) is 2.84. The van der Waals surface area contributed by atoms with Crippen LogP contribution in [0.15, 0.2) is 23.3 Å². The normalized spacial score (nSPS) is 30.7. The zero-order chi connectivity index (χ0) is 8.55. The van der Waals surface area contributed by atoms with Crippen LogP contribution in [0.4, 0.5) is 0 Å². The zero-order valence-electron chi connectivity index (χ0n) is 8.01. The van der Waals surface area contributed by atoms with Crippen LogP contribution in [-0.4, -0.2) is 25.0 Å². The van der Waals surface area contributed by atoms with Crippen molar-refractivity contribution in [2.75, 3.05) is 20.1 Å². The highest BCUT2D eigenvalue weighted by atomic mass is 15.1. The van der Waals surface area contributed by atoms with E-state index in [1.807, 2.05) is 0 Å². The number of piperidine rings is 1. The van der Waals surface area contributed by atoms with Gasteiger partial charge in [-0.3, -0.25) is 0 Å². The SMILES string of the molecule is C[C@H]1C=C2CCN(C)CC2=CC1. The van der Waals surface area contributed by atoms with E-state index in [-0.39, 0.29) is 0 Å². The van der Waals surface area contributed by atoms with Crippen LogP contribution < -0.4 is 0 Å². The number of hydrogen-bond donors (Lipinski definition) is 0. The highest BCUT2D eigenvalue weighted by Crippen LogP contribution is 2.28. The fourth-order valence-electron chi connectivity index (χ4n) is 2.07. The molecule has 0 radical (unpaired) electrons. The van der Waals surface area contributed by atoms with Gasteiger partial charge in [0, 0.05) is 13.1 Å². The van der Waals surface area contributed by atoms with E-state index in [9.17, 15) is 0 Å². The monoisotopic (exact) mass is 163 g/mol. The second-order valence-corrected chi connectivity index (χ2v) is 4.12. The van der Waals surface area contributed by atoms with Gasteiger partial charge in [0.05, 0.1) is 0 Å². The summed E-state index contributed by atoms with van der Waals surface area (Å²) in [6, 6.07) is 0. The van der Waals surface area contributed by atoms with Crippen LogP contribution in [-0.2, 0) is 0 Å². The molecular formula is C11H17N. The molecule has 2 rings (SSSR count). The molecule has 66 valence electrons. The van der Waals surface area contributed by atoms with Crippen LogP contribution in [0.3, 0.4) is 0 Å². The maximum atomic E-state index is 2.46. The van der Waals surface area contributed by atoms with Gasteiger partial charge in [0.25, 0.3) is 0 Å². The number of likely N-dealkylation sites (tertiary alicyclic amines) is 1. The first-order valence-electron chi connectivity index (χ1n) is 4.84. The van der Waals surface area contributed by atoms with Crippen LogP contribution in [0.1, 0.15) is 19.8 Å². The van der Waals surface area contributed by atoms with Gasteiger partial charge in [-0.2, -0.15) is 0 Å². The Morgan fingerprint density at radius 1 is 1.42 bits per heavy atom. The number of allylic oxidation sites excluding steroid dienone is 2. The minimum atomic E-state index is 0.771. The van der Waals surface area contributed by atoms with Gasteiger partial charge in [0.15, 0.2) is 0 Å². The van der Waals surface area contributed by atoms with E-state index in [1.165, 1.54) is 25.9 Å². The summed E-state index contributed by atoms with van der Waals surface area (Å²) >= 11 is 0. The fourth-order valence-corrected chi connectivity index (χ4v) is 2.07.